The molecular weight excluding hydrogens is 202 g/mol. The molecule has 1 atom stereocenters. The van der Waals surface area contributed by atoms with Gasteiger partial charge in [0.15, 0.2) is 0 Å². The fourth-order valence-electron chi connectivity index (χ4n) is 0.869. The molecule has 0 spiro atoms. The fourth-order valence-corrected chi connectivity index (χ4v) is 1.30. The lowest BCUT2D eigenvalue weighted by atomic mass is 10.2. The number of nitrogens with one attached hydrogen (secondary N) is 1. The molecule has 0 saturated heterocycles. The fraction of sp³-hybridized carbons (Fsp3) is 0.750. The van der Waals surface area contributed by atoms with Crippen LogP contribution in [0.3, 0.4) is 0 Å². The zero-order valence-corrected chi connectivity index (χ0v) is 9.10. The van der Waals surface area contributed by atoms with Gasteiger partial charge in [0.25, 0.3) is 0 Å². The first kappa shape index (κ1) is 13.2. The highest BCUT2D eigenvalue weighted by molar-refractivity contribution is 7.98. The minimum absolute atomic E-state index is 0.103. The number of hydrogen-bond donors (Lipinski definition) is 3. The van der Waals surface area contributed by atoms with Crippen LogP contribution in [0.5, 0.6) is 0 Å². The molecule has 0 bridgehead atoms. The summed E-state index contributed by atoms with van der Waals surface area (Å²) in [6, 6.07) is -0.818. The van der Waals surface area contributed by atoms with Crippen LogP contribution in [0.15, 0.2) is 0 Å². The van der Waals surface area contributed by atoms with Gasteiger partial charge in [0.05, 0.1) is 12.5 Å². The van der Waals surface area contributed by atoms with Gasteiger partial charge in [0.1, 0.15) is 0 Å². The van der Waals surface area contributed by atoms with Gasteiger partial charge in [-0.15, -0.1) is 0 Å². The molecule has 0 heterocycles. The number of amides is 2. The van der Waals surface area contributed by atoms with Gasteiger partial charge in [0.2, 0.25) is 11.8 Å². The highest BCUT2D eigenvalue weighted by atomic mass is 32.2. The normalized spacial score (nSPS) is 12.1. The van der Waals surface area contributed by atoms with E-state index in [0.717, 1.165) is 12.2 Å². The summed E-state index contributed by atoms with van der Waals surface area (Å²) >= 11 is 1.72. The molecule has 0 radical (unpaired) electrons. The lowest BCUT2D eigenvalue weighted by Gasteiger charge is -2.09. The predicted octanol–water partition coefficient (Wildman–Crippen LogP) is -0.942. The largest absolute Gasteiger partial charge is 0.370 e. The van der Waals surface area contributed by atoms with E-state index in [9.17, 15) is 9.59 Å². The summed E-state index contributed by atoms with van der Waals surface area (Å²) in [6.07, 6.45) is 2.80. The zero-order chi connectivity index (χ0) is 11.0. The highest BCUT2D eigenvalue weighted by Gasteiger charge is 2.14. The second kappa shape index (κ2) is 7.64. The van der Waals surface area contributed by atoms with Crippen molar-refractivity contribution in [2.45, 2.75) is 18.9 Å². The summed E-state index contributed by atoms with van der Waals surface area (Å²) in [4.78, 5) is 21.6. The van der Waals surface area contributed by atoms with Crippen molar-refractivity contribution in [1.82, 2.24) is 5.32 Å². The third kappa shape index (κ3) is 6.73. The molecule has 2 amide bonds. The average Bonchev–Trinajstić information content (AvgIpc) is 2.11. The van der Waals surface area contributed by atoms with E-state index in [4.69, 9.17) is 11.5 Å². The Labute approximate surface area is 88.0 Å². The second-order valence-electron chi connectivity index (χ2n) is 2.91. The SMILES string of the molecule is CSCCCNC(=O)C(N)CC(N)=O. The van der Waals surface area contributed by atoms with Crippen molar-refractivity contribution >= 4 is 23.6 Å². The van der Waals surface area contributed by atoms with Crippen LogP contribution in [0.1, 0.15) is 12.8 Å². The van der Waals surface area contributed by atoms with Crippen molar-refractivity contribution in [3.8, 4) is 0 Å². The molecule has 0 aromatic rings. The maximum Gasteiger partial charge on any atom is 0.237 e. The Bertz CT molecular complexity index is 199. The Kier molecular flexibility index (Phi) is 7.23. The Balaban J connectivity index is 3.57. The number of carbonyl (C=O) groups is 2. The van der Waals surface area contributed by atoms with E-state index < -0.39 is 11.9 Å². The number of rotatable bonds is 7. The van der Waals surface area contributed by atoms with Crippen LogP contribution in [-0.4, -0.2) is 36.4 Å². The third-order valence-corrected chi connectivity index (χ3v) is 2.28. The summed E-state index contributed by atoms with van der Waals surface area (Å²) in [5.74, 6) is 0.118. The maximum absolute atomic E-state index is 11.2. The molecule has 0 aliphatic carbocycles. The van der Waals surface area contributed by atoms with Crippen molar-refractivity contribution in [3.05, 3.63) is 0 Å². The summed E-state index contributed by atoms with van der Waals surface area (Å²) in [5, 5.41) is 2.64. The van der Waals surface area contributed by atoms with E-state index in [1.54, 1.807) is 11.8 Å². The molecule has 5 nitrogen and oxygen atoms in total. The minimum atomic E-state index is -0.818. The smallest absolute Gasteiger partial charge is 0.237 e. The Morgan fingerprint density at radius 2 is 2.14 bits per heavy atom. The van der Waals surface area contributed by atoms with Crippen molar-refractivity contribution in [2.24, 2.45) is 11.5 Å². The number of nitrogens with two attached hydrogens (primary N) is 2. The van der Waals surface area contributed by atoms with Gasteiger partial charge < -0.3 is 16.8 Å². The Morgan fingerprint density at radius 3 is 2.64 bits per heavy atom. The van der Waals surface area contributed by atoms with Crippen LogP contribution >= 0.6 is 11.8 Å². The molecule has 0 aromatic carbocycles. The van der Waals surface area contributed by atoms with Gasteiger partial charge in [0, 0.05) is 6.54 Å². The number of carbonyl (C=O) groups excluding carboxylic acids is 2. The van der Waals surface area contributed by atoms with E-state index in [2.05, 4.69) is 5.32 Å². The Morgan fingerprint density at radius 1 is 1.50 bits per heavy atom. The number of thioether (sulfide) groups is 1. The first-order chi connectivity index (χ1) is 6.57. The van der Waals surface area contributed by atoms with Crippen LogP contribution in [0, 0.1) is 0 Å². The summed E-state index contributed by atoms with van der Waals surface area (Å²) < 4.78 is 0. The van der Waals surface area contributed by atoms with Crippen LogP contribution in [0.2, 0.25) is 0 Å². The van der Waals surface area contributed by atoms with Crippen molar-refractivity contribution in [2.75, 3.05) is 18.6 Å². The van der Waals surface area contributed by atoms with Crippen LogP contribution in [0.25, 0.3) is 0 Å². The molecule has 0 fully saturated rings. The highest BCUT2D eigenvalue weighted by Crippen LogP contribution is 1.94. The van der Waals surface area contributed by atoms with E-state index in [-0.39, 0.29) is 12.3 Å². The lowest BCUT2D eigenvalue weighted by Crippen LogP contribution is -2.43. The van der Waals surface area contributed by atoms with Crippen LogP contribution in [0.4, 0.5) is 0 Å². The van der Waals surface area contributed by atoms with Gasteiger partial charge >= 0.3 is 0 Å². The molecular formula is C8H17N3O2S. The van der Waals surface area contributed by atoms with E-state index in [1.807, 2.05) is 6.26 Å². The average molecular weight is 219 g/mol. The minimum Gasteiger partial charge on any atom is -0.370 e. The summed E-state index contributed by atoms with van der Waals surface area (Å²) in [7, 11) is 0. The van der Waals surface area contributed by atoms with Gasteiger partial charge in [-0.25, -0.2) is 0 Å². The predicted molar refractivity (Wildman–Crippen MR) is 57.8 cm³/mol. The van der Waals surface area contributed by atoms with Crippen LogP contribution < -0.4 is 16.8 Å². The Hall–Kier alpha value is -0.750. The van der Waals surface area contributed by atoms with Gasteiger partial charge in [-0.1, -0.05) is 0 Å². The standard InChI is InChI=1S/C8H17N3O2S/c1-14-4-2-3-11-8(13)6(9)5-7(10)12/h6H,2-5,9H2,1H3,(H2,10,12)(H,11,13). The molecule has 0 rings (SSSR count). The first-order valence-electron chi connectivity index (χ1n) is 4.38. The van der Waals surface area contributed by atoms with E-state index in [0.29, 0.717) is 6.54 Å². The molecule has 0 saturated carbocycles. The van der Waals surface area contributed by atoms with E-state index in [1.165, 1.54) is 0 Å². The van der Waals surface area contributed by atoms with Crippen molar-refractivity contribution in [1.29, 1.82) is 0 Å². The molecule has 0 aromatic heterocycles. The molecule has 6 heteroatoms. The second-order valence-corrected chi connectivity index (χ2v) is 3.90. The first-order valence-corrected chi connectivity index (χ1v) is 5.78. The van der Waals surface area contributed by atoms with Gasteiger partial charge in [-0.2, -0.15) is 11.8 Å². The maximum atomic E-state index is 11.2. The van der Waals surface area contributed by atoms with Crippen LogP contribution in [-0.2, 0) is 9.59 Å². The zero-order valence-electron chi connectivity index (χ0n) is 8.29. The topological polar surface area (TPSA) is 98.2 Å². The molecule has 0 aliphatic rings. The van der Waals surface area contributed by atoms with Gasteiger partial charge in [-0.3, -0.25) is 9.59 Å². The third-order valence-electron chi connectivity index (χ3n) is 1.58. The molecule has 14 heavy (non-hydrogen) atoms. The monoisotopic (exact) mass is 219 g/mol. The van der Waals surface area contributed by atoms with Crippen molar-refractivity contribution in [3.63, 3.8) is 0 Å². The molecule has 0 aliphatic heterocycles. The van der Waals surface area contributed by atoms with Gasteiger partial charge in [-0.05, 0) is 18.4 Å². The lowest BCUT2D eigenvalue weighted by molar-refractivity contribution is -0.126. The quantitative estimate of drug-likeness (QED) is 0.481. The number of hydrogen-bond acceptors (Lipinski definition) is 4. The molecule has 82 valence electrons. The summed E-state index contributed by atoms with van der Waals surface area (Å²) in [5.41, 5.74) is 10.3. The van der Waals surface area contributed by atoms with E-state index >= 15 is 0 Å². The molecule has 5 N–H and O–H groups in total. The molecule has 1 unspecified atom stereocenters. The number of primary amides is 1. The van der Waals surface area contributed by atoms with Crippen molar-refractivity contribution < 1.29 is 9.59 Å². The summed E-state index contributed by atoms with van der Waals surface area (Å²) in [6.45, 7) is 0.589.